The molecule has 2 aromatic rings. The third-order valence-corrected chi connectivity index (χ3v) is 4.64. The van der Waals surface area contributed by atoms with Crippen LogP contribution in [0.4, 0.5) is 30.9 Å². The van der Waals surface area contributed by atoms with Crippen LogP contribution in [-0.4, -0.2) is 46.7 Å². The molecule has 7 nitrogen and oxygen atoms in total. The van der Waals surface area contributed by atoms with Gasteiger partial charge in [0, 0.05) is 44.2 Å². The Morgan fingerprint density at radius 2 is 1.87 bits per heavy atom. The first-order valence-electron chi connectivity index (χ1n) is 10.1. The number of hydrogen-bond acceptors (Lipinski definition) is 6. The SMILES string of the molecule is CN(C=C1CCN(C(=O)OC(C)(C)C)CC1)c1cc(Nc2ccc(F)c(F)c2)ncn1. The minimum absolute atomic E-state index is 0.288. The lowest BCUT2D eigenvalue weighted by atomic mass is 10.1. The Morgan fingerprint density at radius 1 is 1.16 bits per heavy atom. The standard InChI is InChI=1S/C22H27F2N5O2/c1-22(2,3)31-21(30)29-9-7-15(8-10-29)13-28(4)20-12-19(25-14-26-20)27-16-5-6-17(23)18(24)11-16/h5-6,11-14H,7-10H2,1-4H3,(H,25,26,27). The summed E-state index contributed by atoms with van der Waals surface area (Å²) in [6, 6.07) is 5.28. The Morgan fingerprint density at radius 3 is 2.52 bits per heavy atom. The normalized spacial score (nSPS) is 14.3. The van der Waals surface area contributed by atoms with Crippen molar-refractivity contribution in [2.75, 3.05) is 30.4 Å². The zero-order chi connectivity index (χ0) is 22.6. The molecule has 1 amide bonds. The van der Waals surface area contributed by atoms with E-state index in [4.69, 9.17) is 4.74 Å². The predicted octanol–water partition coefficient (Wildman–Crippen LogP) is 4.85. The molecule has 3 rings (SSSR count). The van der Waals surface area contributed by atoms with Crippen LogP contribution in [0.25, 0.3) is 0 Å². The lowest BCUT2D eigenvalue weighted by Gasteiger charge is -2.31. The van der Waals surface area contributed by atoms with E-state index in [1.807, 2.05) is 38.9 Å². The summed E-state index contributed by atoms with van der Waals surface area (Å²) in [5.41, 5.74) is 1.07. The summed E-state index contributed by atoms with van der Waals surface area (Å²) in [4.78, 5) is 24.2. The van der Waals surface area contributed by atoms with Crippen LogP contribution < -0.4 is 10.2 Å². The minimum atomic E-state index is -0.932. The van der Waals surface area contributed by atoms with E-state index in [1.54, 1.807) is 11.0 Å². The second kappa shape index (κ2) is 9.28. The number of aromatic nitrogens is 2. The topological polar surface area (TPSA) is 70.6 Å². The van der Waals surface area contributed by atoms with E-state index in [2.05, 4.69) is 15.3 Å². The molecule has 0 unspecified atom stereocenters. The van der Waals surface area contributed by atoms with Gasteiger partial charge in [0.05, 0.1) is 0 Å². The van der Waals surface area contributed by atoms with Gasteiger partial charge in [-0.3, -0.25) is 0 Å². The minimum Gasteiger partial charge on any atom is -0.444 e. The van der Waals surface area contributed by atoms with E-state index in [9.17, 15) is 13.6 Å². The Labute approximate surface area is 180 Å². The van der Waals surface area contributed by atoms with Gasteiger partial charge in [0.25, 0.3) is 0 Å². The van der Waals surface area contributed by atoms with E-state index in [0.717, 1.165) is 25.0 Å². The monoisotopic (exact) mass is 431 g/mol. The number of rotatable bonds is 4. The number of amides is 1. The van der Waals surface area contributed by atoms with Gasteiger partial charge in [0.15, 0.2) is 11.6 Å². The van der Waals surface area contributed by atoms with Crippen molar-refractivity contribution in [2.24, 2.45) is 0 Å². The van der Waals surface area contributed by atoms with E-state index in [-0.39, 0.29) is 6.09 Å². The summed E-state index contributed by atoms with van der Waals surface area (Å²) >= 11 is 0. The first kappa shape index (κ1) is 22.5. The molecule has 1 aromatic carbocycles. The zero-order valence-corrected chi connectivity index (χ0v) is 18.2. The highest BCUT2D eigenvalue weighted by Gasteiger charge is 2.24. The number of likely N-dealkylation sites (tertiary alicyclic amines) is 1. The molecule has 1 fully saturated rings. The van der Waals surface area contributed by atoms with Crippen molar-refractivity contribution in [3.8, 4) is 0 Å². The van der Waals surface area contributed by atoms with E-state index in [0.29, 0.717) is 30.4 Å². The molecule has 0 bridgehead atoms. The first-order valence-corrected chi connectivity index (χ1v) is 10.1. The van der Waals surface area contributed by atoms with Crippen molar-refractivity contribution in [2.45, 2.75) is 39.2 Å². The number of ether oxygens (including phenoxy) is 1. The molecule has 1 aliphatic rings. The fraction of sp³-hybridized carbons (Fsp3) is 0.409. The summed E-state index contributed by atoms with van der Waals surface area (Å²) in [7, 11) is 1.87. The van der Waals surface area contributed by atoms with Gasteiger partial charge in [0.2, 0.25) is 0 Å². The van der Waals surface area contributed by atoms with Crippen molar-refractivity contribution in [1.82, 2.24) is 14.9 Å². The Hall–Kier alpha value is -3.23. The number of hydrogen-bond donors (Lipinski definition) is 1. The number of nitrogens with zero attached hydrogens (tertiary/aromatic N) is 4. The van der Waals surface area contributed by atoms with Crippen molar-refractivity contribution in [3.05, 3.63) is 54.0 Å². The molecule has 1 aromatic heterocycles. The molecule has 1 aliphatic heterocycles. The second-order valence-corrected chi connectivity index (χ2v) is 8.38. The van der Waals surface area contributed by atoms with Crippen LogP contribution in [0.15, 0.2) is 42.4 Å². The van der Waals surface area contributed by atoms with E-state index < -0.39 is 17.2 Å². The van der Waals surface area contributed by atoms with Crippen LogP contribution in [0.1, 0.15) is 33.6 Å². The van der Waals surface area contributed by atoms with Crippen LogP contribution >= 0.6 is 0 Å². The molecule has 0 spiro atoms. The Balaban J connectivity index is 1.61. The predicted molar refractivity (Wildman–Crippen MR) is 115 cm³/mol. The van der Waals surface area contributed by atoms with Gasteiger partial charge in [-0.25, -0.2) is 23.5 Å². The Kier molecular flexibility index (Phi) is 6.72. The molecule has 0 radical (unpaired) electrons. The van der Waals surface area contributed by atoms with E-state index in [1.165, 1.54) is 18.0 Å². The van der Waals surface area contributed by atoms with Gasteiger partial charge in [-0.2, -0.15) is 0 Å². The largest absolute Gasteiger partial charge is 0.444 e. The van der Waals surface area contributed by atoms with Crippen molar-refractivity contribution < 1.29 is 18.3 Å². The van der Waals surface area contributed by atoms with Gasteiger partial charge in [-0.05, 0) is 45.7 Å². The average Bonchev–Trinajstić information content (AvgIpc) is 2.70. The molecule has 166 valence electrons. The molecule has 2 heterocycles. The molecular formula is C22H27F2N5O2. The molecule has 1 N–H and O–H groups in total. The van der Waals surface area contributed by atoms with Crippen LogP contribution in [0.5, 0.6) is 0 Å². The van der Waals surface area contributed by atoms with Crippen molar-refractivity contribution in [1.29, 1.82) is 0 Å². The van der Waals surface area contributed by atoms with Crippen LogP contribution in [0, 0.1) is 11.6 Å². The molecule has 9 heteroatoms. The highest BCUT2D eigenvalue weighted by atomic mass is 19.2. The van der Waals surface area contributed by atoms with E-state index >= 15 is 0 Å². The van der Waals surface area contributed by atoms with Crippen molar-refractivity contribution >= 4 is 23.4 Å². The number of carbonyl (C=O) groups excluding carboxylic acids is 1. The fourth-order valence-corrected chi connectivity index (χ4v) is 3.10. The third-order valence-electron chi connectivity index (χ3n) is 4.64. The average molecular weight is 431 g/mol. The second-order valence-electron chi connectivity index (χ2n) is 8.38. The molecule has 0 saturated carbocycles. The summed E-state index contributed by atoms with van der Waals surface area (Å²) < 4.78 is 31.9. The fourth-order valence-electron chi connectivity index (χ4n) is 3.10. The summed E-state index contributed by atoms with van der Waals surface area (Å²) in [5.74, 6) is -0.736. The summed E-state index contributed by atoms with van der Waals surface area (Å²) in [6.07, 6.45) is 4.60. The third kappa shape index (κ3) is 6.37. The summed E-state index contributed by atoms with van der Waals surface area (Å²) in [6.45, 7) is 6.76. The maximum Gasteiger partial charge on any atom is 0.410 e. The number of halogens is 2. The first-order chi connectivity index (χ1) is 14.6. The molecule has 1 saturated heterocycles. The maximum absolute atomic E-state index is 13.4. The quantitative estimate of drug-likeness (QED) is 0.746. The summed E-state index contributed by atoms with van der Waals surface area (Å²) in [5, 5.41) is 2.94. The lowest BCUT2D eigenvalue weighted by molar-refractivity contribution is 0.0236. The number of anilines is 3. The highest BCUT2D eigenvalue weighted by molar-refractivity contribution is 5.68. The number of nitrogens with one attached hydrogen (secondary N) is 1. The van der Waals surface area contributed by atoms with Gasteiger partial charge in [0.1, 0.15) is 23.6 Å². The number of benzene rings is 1. The van der Waals surface area contributed by atoms with Gasteiger partial charge in [-0.15, -0.1) is 0 Å². The maximum atomic E-state index is 13.4. The van der Waals surface area contributed by atoms with Crippen LogP contribution in [0.3, 0.4) is 0 Å². The molecular weight excluding hydrogens is 404 g/mol. The highest BCUT2D eigenvalue weighted by Crippen LogP contribution is 2.23. The number of carbonyl (C=O) groups is 1. The zero-order valence-electron chi connectivity index (χ0n) is 18.2. The van der Waals surface area contributed by atoms with Gasteiger partial charge >= 0.3 is 6.09 Å². The smallest absolute Gasteiger partial charge is 0.410 e. The van der Waals surface area contributed by atoms with Crippen molar-refractivity contribution in [3.63, 3.8) is 0 Å². The Bertz CT molecular complexity index is 965. The van der Waals surface area contributed by atoms with Crippen LogP contribution in [0.2, 0.25) is 0 Å². The molecule has 0 atom stereocenters. The molecule has 0 aliphatic carbocycles. The van der Waals surface area contributed by atoms with Gasteiger partial charge < -0.3 is 19.9 Å². The van der Waals surface area contributed by atoms with Crippen LogP contribution in [-0.2, 0) is 4.74 Å². The molecule has 31 heavy (non-hydrogen) atoms. The lowest BCUT2D eigenvalue weighted by Crippen LogP contribution is -2.40. The number of piperidine rings is 1. The van der Waals surface area contributed by atoms with Gasteiger partial charge in [-0.1, -0.05) is 5.57 Å².